The molecule has 1 fully saturated rings. The first-order valence-corrected chi connectivity index (χ1v) is 8.12. The number of halogens is 3. The number of hydrogen-bond donors (Lipinski definition) is 1. The molecule has 25 heavy (non-hydrogen) atoms. The summed E-state index contributed by atoms with van der Waals surface area (Å²) in [7, 11) is 0. The second-order valence-corrected chi connectivity index (χ2v) is 6.04. The van der Waals surface area contributed by atoms with Gasteiger partial charge in [0.25, 0.3) is 0 Å². The average molecular weight is 359 g/mol. The van der Waals surface area contributed by atoms with Gasteiger partial charge < -0.3 is 14.2 Å². The van der Waals surface area contributed by atoms with E-state index in [0.29, 0.717) is 19.8 Å². The topological polar surface area (TPSA) is 49.0 Å². The molecule has 0 saturated carbocycles. The normalized spacial score (nSPS) is 22.8. The number of alkyl halides is 3. The lowest BCUT2D eigenvalue weighted by Gasteiger charge is -2.16. The lowest BCUT2D eigenvalue weighted by Crippen LogP contribution is -2.29. The number of hydrogen-bond acceptors (Lipinski definition) is 5. The zero-order valence-electron chi connectivity index (χ0n) is 13.8. The van der Waals surface area contributed by atoms with E-state index in [1.54, 1.807) is 12.1 Å². The Morgan fingerprint density at radius 1 is 1.24 bits per heavy atom. The Kier molecular flexibility index (Phi) is 5.10. The highest BCUT2D eigenvalue weighted by atomic mass is 19.4. The van der Waals surface area contributed by atoms with Crippen LogP contribution in [0.25, 0.3) is 5.70 Å². The molecule has 2 aliphatic heterocycles. The van der Waals surface area contributed by atoms with Gasteiger partial charge in [-0.3, -0.25) is 10.3 Å². The third kappa shape index (κ3) is 4.38. The van der Waals surface area contributed by atoms with Crippen molar-refractivity contribution in [3.8, 4) is 11.5 Å². The summed E-state index contributed by atoms with van der Waals surface area (Å²) in [4.78, 5) is 5.62. The average Bonchev–Trinajstić information content (AvgIpc) is 3.21. The summed E-state index contributed by atoms with van der Waals surface area (Å²) < 4.78 is 53.0. The predicted molar refractivity (Wildman–Crippen MR) is 84.1 cm³/mol. The van der Waals surface area contributed by atoms with Crippen LogP contribution in [-0.2, 0) is 9.57 Å². The van der Waals surface area contributed by atoms with Gasteiger partial charge in [0.05, 0.1) is 18.9 Å². The van der Waals surface area contributed by atoms with Crippen molar-refractivity contribution in [2.24, 2.45) is 0 Å². The Hall–Kier alpha value is -1.93. The van der Waals surface area contributed by atoms with Crippen LogP contribution in [0.3, 0.4) is 0 Å². The third-order valence-corrected chi connectivity index (χ3v) is 3.90. The monoisotopic (exact) mass is 359 g/mol. The lowest BCUT2D eigenvalue weighted by atomic mass is 10.0. The molecule has 0 aliphatic carbocycles. The molecule has 1 aromatic rings. The molecule has 1 spiro atoms. The summed E-state index contributed by atoms with van der Waals surface area (Å²) in [5.41, 5.74) is 3.86. The molecule has 138 valence electrons. The smallest absolute Gasteiger partial charge is 0.422 e. The second kappa shape index (κ2) is 7.13. The summed E-state index contributed by atoms with van der Waals surface area (Å²) in [6.45, 7) is 2.03. The molecule has 0 bridgehead atoms. The van der Waals surface area contributed by atoms with E-state index in [9.17, 15) is 13.2 Å². The van der Waals surface area contributed by atoms with Crippen molar-refractivity contribution < 1.29 is 32.2 Å². The van der Waals surface area contributed by atoms with Crippen molar-refractivity contribution in [1.29, 1.82) is 0 Å². The Morgan fingerprint density at radius 3 is 2.76 bits per heavy atom. The fraction of sp³-hybridized carbons (Fsp3) is 0.529. The van der Waals surface area contributed by atoms with Crippen LogP contribution in [0.1, 0.15) is 25.3 Å². The minimum Gasteiger partial charge on any atom is -0.490 e. The Balaban J connectivity index is 1.81. The Labute approximate surface area is 143 Å². The molecule has 1 saturated heterocycles. The quantitative estimate of drug-likeness (QED) is 0.843. The summed E-state index contributed by atoms with van der Waals surface area (Å²) >= 11 is 0. The summed E-state index contributed by atoms with van der Waals surface area (Å²) in [6, 6.07) is 4.80. The van der Waals surface area contributed by atoms with E-state index in [0.717, 1.165) is 24.1 Å². The highest BCUT2D eigenvalue weighted by Gasteiger charge is 2.39. The van der Waals surface area contributed by atoms with Crippen molar-refractivity contribution in [2.75, 3.05) is 26.4 Å². The molecule has 0 aromatic heterocycles. The first-order valence-electron chi connectivity index (χ1n) is 8.12. The molecule has 8 heteroatoms. The standard InChI is InChI=1S/C17H20F3NO4/c1-2-6-23-15-8-12(3-4-14(15)24-11-17(18,19)20)13-9-16(25-21-13)5-7-22-10-16/h3-4,8-9,21H,2,5-7,10-11H2,1H3. The van der Waals surface area contributed by atoms with Crippen LogP contribution in [0.4, 0.5) is 13.2 Å². The summed E-state index contributed by atoms with van der Waals surface area (Å²) in [6.07, 6.45) is -0.989. The summed E-state index contributed by atoms with van der Waals surface area (Å²) in [5, 5.41) is 0. The van der Waals surface area contributed by atoms with Crippen LogP contribution in [0.5, 0.6) is 11.5 Å². The third-order valence-electron chi connectivity index (χ3n) is 3.90. The van der Waals surface area contributed by atoms with Crippen molar-refractivity contribution in [3.63, 3.8) is 0 Å². The molecule has 2 aliphatic rings. The molecular formula is C17H20F3NO4. The van der Waals surface area contributed by atoms with Crippen LogP contribution in [0.15, 0.2) is 24.3 Å². The first kappa shape index (κ1) is 17.9. The maximum atomic E-state index is 12.4. The van der Waals surface area contributed by atoms with Crippen molar-refractivity contribution >= 4 is 5.70 Å². The van der Waals surface area contributed by atoms with Gasteiger partial charge in [-0.15, -0.1) is 0 Å². The minimum absolute atomic E-state index is 0.0629. The van der Waals surface area contributed by atoms with Crippen LogP contribution >= 0.6 is 0 Å². The zero-order valence-corrected chi connectivity index (χ0v) is 13.8. The van der Waals surface area contributed by atoms with Gasteiger partial charge in [0.2, 0.25) is 0 Å². The minimum atomic E-state index is -4.40. The Bertz CT molecular complexity index is 639. The van der Waals surface area contributed by atoms with Gasteiger partial charge in [0.1, 0.15) is 5.60 Å². The van der Waals surface area contributed by atoms with E-state index in [1.165, 1.54) is 6.07 Å². The van der Waals surface area contributed by atoms with Gasteiger partial charge >= 0.3 is 6.18 Å². The fourth-order valence-electron chi connectivity index (χ4n) is 2.66. The van der Waals surface area contributed by atoms with E-state index in [4.69, 9.17) is 19.0 Å². The van der Waals surface area contributed by atoms with Crippen molar-refractivity contribution in [2.45, 2.75) is 31.5 Å². The molecule has 1 unspecified atom stereocenters. The maximum absolute atomic E-state index is 12.4. The van der Waals surface area contributed by atoms with E-state index in [1.807, 2.05) is 13.0 Å². The first-order chi connectivity index (χ1) is 11.9. The lowest BCUT2D eigenvalue weighted by molar-refractivity contribution is -0.153. The van der Waals surface area contributed by atoms with Gasteiger partial charge in [0.15, 0.2) is 18.1 Å². The number of ether oxygens (including phenoxy) is 3. The van der Waals surface area contributed by atoms with Gasteiger partial charge in [-0.2, -0.15) is 13.2 Å². The number of benzene rings is 1. The van der Waals surface area contributed by atoms with Gasteiger partial charge in [-0.05, 0) is 30.7 Å². The predicted octanol–water partition coefficient (Wildman–Crippen LogP) is 3.45. The largest absolute Gasteiger partial charge is 0.490 e. The number of hydroxylamine groups is 1. The number of rotatable bonds is 6. The van der Waals surface area contributed by atoms with Crippen molar-refractivity contribution in [3.05, 3.63) is 29.8 Å². The highest BCUT2D eigenvalue weighted by Crippen LogP contribution is 2.36. The molecule has 0 amide bonds. The molecule has 1 aromatic carbocycles. The molecule has 2 heterocycles. The van der Waals surface area contributed by atoms with Crippen LogP contribution in [0, 0.1) is 0 Å². The maximum Gasteiger partial charge on any atom is 0.422 e. The molecule has 0 radical (unpaired) electrons. The molecule has 1 N–H and O–H groups in total. The second-order valence-electron chi connectivity index (χ2n) is 6.04. The van der Waals surface area contributed by atoms with Crippen LogP contribution < -0.4 is 15.0 Å². The molecule has 1 atom stereocenters. The van der Waals surface area contributed by atoms with Gasteiger partial charge in [-0.25, -0.2) is 0 Å². The molecule has 3 rings (SSSR count). The van der Waals surface area contributed by atoms with Crippen LogP contribution in [0.2, 0.25) is 0 Å². The van der Waals surface area contributed by atoms with E-state index >= 15 is 0 Å². The molecule has 5 nitrogen and oxygen atoms in total. The summed E-state index contributed by atoms with van der Waals surface area (Å²) in [5.74, 6) is 0.336. The van der Waals surface area contributed by atoms with E-state index in [-0.39, 0.29) is 11.5 Å². The van der Waals surface area contributed by atoms with Gasteiger partial charge in [0, 0.05) is 18.6 Å². The van der Waals surface area contributed by atoms with E-state index in [2.05, 4.69) is 5.48 Å². The van der Waals surface area contributed by atoms with Gasteiger partial charge in [-0.1, -0.05) is 6.92 Å². The fourth-order valence-corrected chi connectivity index (χ4v) is 2.66. The SMILES string of the molecule is CCCOc1cc(C2=CC3(CCOC3)ON2)ccc1OCC(F)(F)F. The Morgan fingerprint density at radius 2 is 2.08 bits per heavy atom. The molecular weight excluding hydrogens is 339 g/mol. The number of nitrogens with one attached hydrogen (secondary N) is 1. The van der Waals surface area contributed by atoms with Crippen LogP contribution in [-0.4, -0.2) is 38.2 Å². The van der Waals surface area contributed by atoms with Crippen molar-refractivity contribution in [1.82, 2.24) is 5.48 Å². The zero-order chi connectivity index (χ0) is 17.9. The van der Waals surface area contributed by atoms with E-state index < -0.39 is 18.4 Å². The highest BCUT2D eigenvalue weighted by molar-refractivity contribution is 5.68.